The van der Waals surface area contributed by atoms with Gasteiger partial charge in [-0.2, -0.15) is 0 Å². The number of nitrogens with zero attached hydrogens (tertiary/aromatic N) is 2. The molecule has 4 aromatic rings. The predicted molar refractivity (Wildman–Crippen MR) is 119 cm³/mol. The van der Waals surface area contributed by atoms with Crippen molar-refractivity contribution >= 4 is 23.2 Å². The van der Waals surface area contributed by atoms with Crippen LogP contribution >= 0.6 is 11.6 Å². The van der Waals surface area contributed by atoms with E-state index in [1.165, 1.54) is 0 Å². The average molecular weight is 416 g/mol. The number of hydrogen-bond donors (Lipinski definition) is 1. The summed E-state index contributed by atoms with van der Waals surface area (Å²) in [7, 11) is 1.64. The molecular weight excluding hydrogens is 398 g/mol. The van der Waals surface area contributed by atoms with Crippen molar-refractivity contribution in [2.45, 2.75) is 6.61 Å². The number of para-hydroxylation sites is 3. The molecule has 5 rings (SSSR count). The van der Waals surface area contributed by atoms with E-state index in [1.807, 2.05) is 72.8 Å². The Balaban J connectivity index is 1.70. The Labute approximate surface area is 179 Å². The van der Waals surface area contributed by atoms with Gasteiger partial charge in [-0.3, -0.25) is 0 Å². The smallest absolute Gasteiger partial charge is 0.228 e. The topological polar surface area (TPSA) is 56.3 Å². The molecule has 1 aromatic heterocycles. The van der Waals surface area contributed by atoms with E-state index in [1.54, 1.807) is 7.11 Å². The molecule has 1 aliphatic rings. The Morgan fingerprint density at radius 2 is 1.73 bits per heavy atom. The zero-order chi connectivity index (χ0) is 20.5. The van der Waals surface area contributed by atoms with Gasteiger partial charge in [0, 0.05) is 21.7 Å². The molecule has 0 saturated carbocycles. The average Bonchev–Trinajstić information content (AvgIpc) is 2.79. The van der Waals surface area contributed by atoms with Crippen LogP contribution in [0.15, 0.2) is 72.8 Å². The van der Waals surface area contributed by atoms with Crippen molar-refractivity contribution in [3.8, 4) is 34.0 Å². The molecule has 0 radical (unpaired) electrons. The van der Waals surface area contributed by atoms with Gasteiger partial charge in [0.2, 0.25) is 5.95 Å². The highest BCUT2D eigenvalue weighted by Crippen LogP contribution is 2.41. The van der Waals surface area contributed by atoms with E-state index in [4.69, 9.17) is 31.0 Å². The van der Waals surface area contributed by atoms with E-state index < -0.39 is 0 Å². The lowest BCUT2D eigenvalue weighted by atomic mass is 9.98. The highest BCUT2D eigenvalue weighted by atomic mass is 35.5. The van der Waals surface area contributed by atoms with Gasteiger partial charge < -0.3 is 14.8 Å². The number of halogens is 1. The molecule has 148 valence electrons. The van der Waals surface area contributed by atoms with Gasteiger partial charge in [0.25, 0.3) is 0 Å². The lowest BCUT2D eigenvalue weighted by molar-refractivity contribution is 0.301. The van der Waals surface area contributed by atoms with Crippen molar-refractivity contribution in [2.24, 2.45) is 0 Å². The highest BCUT2D eigenvalue weighted by Gasteiger charge is 2.24. The standard InChI is InChI=1S/C24H18ClN3O2/c1-29-21-12-5-3-10-19(21)26-24-27-22(15-7-6-8-16(25)13-15)18-14-30-20-11-4-2-9-17(20)23(18)28-24/h2-13H,14H2,1H3,(H,26,27,28). The zero-order valence-corrected chi connectivity index (χ0v) is 17.0. The second-order valence-corrected chi connectivity index (χ2v) is 7.28. The first kappa shape index (κ1) is 18.5. The number of anilines is 2. The number of ether oxygens (including phenoxy) is 2. The number of hydrogen-bond acceptors (Lipinski definition) is 5. The molecular formula is C24H18ClN3O2. The van der Waals surface area contributed by atoms with Gasteiger partial charge in [0.1, 0.15) is 18.1 Å². The first-order valence-electron chi connectivity index (χ1n) is 9.52. The predicted octanol–water partition coefficient (Wildman–Crippen LogP) is 6.11. The van der Waals surface area contributed by atoms with Gasteiger partial charge in [0.05, 0.1) is 24.2 Å². The van der Waals surface area contributed by atoms with E-state index in [0.29, 0.717) is 23.3 Å². The van der Waals surface area contributed by atoms with Crippen LogP contribution in [0.25, 0.3) is 22.5 Å². The Hall–Kier alpha value is -3.57. The largest absolute Gasteiger partial charge is 0.495 e. The summed E-state index contributed by atoms with van der Waals surface area (Å²) in [5, 5.41) is 3.96. The monoisotopic (exact) mass is 415 g/mol. The molecule has 3 aromatic carbocycles. The summed E-state index contributed by atoms with van der Waals surface area (Å²) in [5.74, 6) is 2.00. The first-order chi connectivity index (χ1) is 14.7. The quantitative estimate of drug-likeness (QED) is 0.436. The van der Waals surface area contributed by atoms with Crippen LogP contribution < -0.4 is 14.8 Å². The van der Waals surface area contributed by atoms with Crippen molar-refractivity contribution in [2.75, 3.05) is 12.4 Å². The van der Waals surface area contributed by atoms with Gasteiger partial charge in [0.15, 0.2) is 0 Å². The van der Waals surface area contributed by atoms with Crippen molar-refractivity contribution in [1.82, 2.24) is 9.97 Å². The molecule has 0 bridgehead atoms. The molecule has 1 aliphatic heterocycles. The Morgan fingerprint density at radius 3 is 2.60 bits per heavy atom. The minimum Gasteiger partial charge on any atom is -0.495 e. The van der Waals surface area contributed by atoms with E-state index in [2.05, 4.69) is 5.32 Å². The Bertz CT molecular complexity index is 1240. The molecule has 2 heterocycles. The van der Waals surface area contributed by atoms with Crippen LogP contribution in [0.2, 0.25) is 5.02 Å². The molecule has 0 amide bonds. The highest BCUT2D eigenvalue weighted by molar-refractivity contribution is 6.30. The van der Waals surface area contributed by atoms with Crippen LogP contribution in [0.1, 0.15) is 5.56 Å². The summed E-state index contributed by atoms with van der Waals surface area (Å²) in [6, 6.07) is 23.2. The van der Waals surface area contributed by atoms with E-state index in [9.17, 15) is 0 Å². The van der Waals surface area contributed by atoms with Crippen LogP contribution in [0.5, 0.6) is 11.5 Å². The van der Waals surface area contributed by atoms with Gasteiger partial charge in [-0.15, -0.1) is 0 Å². The Morgan fingerprint density at radius 1 is 0.933 bits per heavy atom. The van der Waals surface area contributed by atoms with Gasteiger partial charge >= 0.3 is 0 Å². The number of fused-ring (bicyclic) bond motifs is 3. The fraction of sp³-hybridized carbons (Fsp3) is 0.0833. The maximum atomic E-state index is 6.26. The number of benzene rings is 3. The third kappa shape index (κ3) is 3.33. The number of methoxy groups -OCH3 is 1. The molecule has 0 spiro atoms. The van der Waals surface area contributed by atoms with Gasteiger partial charge in [-0.05, 0) is 36.4 Å². The molecule has 6 heteroatoms. The zero-order valence-electron chi connectivity index (χ0n) is 16.2. The van der Waals surface area contributed by atoms with Crippen molar-refractivity contribution < 1.29 is 9.47 Å². The fourth-order valence-corrected chi connectivity index (χ4v) is 3.77. The Kier molecular flexibility index (Phi) is 4.73. The summed E-state index contributed by atoms with van der Waals surface area (Å²) in [4.78, 5) is 9.67. The summed E-state index contributed by atoms with van der Waals surface area (Å²) in [5.41, 5.74) is 5.20. The van der Waals surface area contributed by atoms with E-state index in [-0.39, 0.29) is 0 Å². The second kappa shape index (κ2) is 7.69. The third-order valence-electron chi connectivity index (χ3n) is 4.97. The van der Waals surface area contributed by atoms with Crippen LogP contribution in [0, 0.1) is 0 Å². The minimum atomic E-state index is 0.392. The summed E-state index contributed by atoms with van der Waals surface area (Å²) >= 11 is 6.26. The molecule has 0 fully saturated rings. The normalized spacial score (nSPS) is 11.8. The van der Waals surface area contributed by atoms with Gasteiger partial charge in [-0.1, -0.05) is 48.0 Å². The molecule has 5 nitrogen and oxygen atoms in total. The third-order valence-corrected chi connectivity index (χ3v) is 5.21. The number of nitrogens with one attached hydrogen (secondary N) is 1. The number of aromatic nitrogens is 2. The SMILES string of the molecule is COc1ccccc1Nc1nc(-c2cccc(Cl)c2)c2c(n1)-c1ccccc1OC2. The first-order valence-corrected chi connectivity index (χ1v) is 9.90. The lowest BCUT2D eigenvalue weighted by Crippen LogP contribution is -2.12. The molecule has 0 atom stereocenters. The number of rotatable bonds is 4. The van der Waals surface area contributed by atoms with Crippen LogP contribution in [0.4, 0.5) is 11.6 Å². The van der Waals surface area contributed by atoms with Crippen LogP contribution in [-0.4, -0.2) is 17.1 Å². The molecule has 0 aliphatic carbocycles. The lowest BCUT2D eigenvalue weighted by Gasteiger charge is -2.23. The summed E-state index contributed by atoms with van der Waals surface area (Å²) in [6.07, 6.45) is 0. The van der Waals surface area contributed by atoms with Crippen LogP contribution in [0.3, 0.4) is 0 Å². The second-order valence-electron chi connectivity index (χ2n) is 6.84. The molecule has 1 N–H and O–H groups in total. The van der Waals surface area contributed by atoms with Crippen LogP contribution in [-0.2, 0) is 6.61 Å². The van der Waals surface area contributed by atoms with Crippen molar-refractivity contribution in [3.63, 3.8) is 0 Å². The van der Waals surface area contributed by atoms with Crippen molar-refractivity contribution in [1.29, 1.82) is 0 Å². The van der Waals surface area contributed by atoms with E-state index in [0.717, 1.165) is 39.5 Å². The summed E-state index contributed by atoms with van der Waals surface area (Å²) < 4.78 is 11.4. The fourth-order valence-electron chi connectivity index (χ4n) is 3.58. The van der Waals surface area contributed by atoms with Crippen molar-refractivity contribution in [3.05, 3.63) is 83.4 Å². The maximum Gasteiger partial charge on any atom is 0.228 e. The molecule has 0 unspecified atom stereocenters. The molecule has 30 heavy (non-hydrogen) atoms. The van der Waals surface area contributed by atoms with E-state index >= 15 is 0 Å². The maximum absolute atomic E-state index is 6.26. The molecule has 0 saturated heterocycles. The van der Waals surface area contributed by atoms with Gasteiger partial charge in [-0.25, -0.2) is 9.97 Å². The summed E-state index contributed by atoms with van der Waals surface area (Å²) in [6.45, 7) is 0.392. The minimum absolute atomic E-state index is 0.392.